The van der Waals surface area contributed by atoms with Crippen molar-refractivity contribution in [3.8, 4) is 0 Å². The van der Waals surface area contributed by atoms with E-state index >= 15 is 0 Å². The lowest BCUT2D eigenvalue weighted by Crippen LogP contribution is -2.07. The minimum absolute atomic E-state index is 0.309. The number of amides is 1. The molecule has 0 atom stereocenters. The fourth-order valence-corrected chi connectivity index (χ4v) is 2.79. The van der Waals surface area contributed by atoms with Crippen molar-refractivity contribution >= 4 is 45.1 Å². The van der Waals surface area contributed by atoms with Gasteiger partial charge in [0.15, 0.2) is 4.34 Å². The van der Waals surface area contributed by atoms with E-state index in [2.05, 4.69) is 15.5 Å². The molecular formula is C12H12N4O3S2. The Morgan fingerprint density at radius 1 is 1.33 bits per heavy atom. The highest BCUT2D eigenvalue weighted by Gasteiger charge is 2.10. The molecule has 0 saturated carbocycles. The third-order valence-electron chi connectivity index (χ3n) is 2.24. The van der Waals surface area contributed by atoms with Crippen molar-refractivity contribution in [2.45, 2.75) is 11.3 Å². The Labute approximate surface area is 128 Å². The van der Waals surface area contributed by atoms with Crippen LogP contribution in [-0.4, -0.2) is 28.0 Å². The van der Waals surface area contributed by atoms with Crippen LogP contribution in [0.4, 0.5) is 15.6 Å². The third kappa shape index (κ3) is 4.43. The SMILES string of the molecule is CCOC(=O)c1ccc(NC(=O)Sc2nnc(N)s2)cc1. The van der Waals surface area contributed by atoms with Crippen molar-refractivity contribution in [2.75, 3.05) is 17.7 Å². The average molecular weight is 324 g/mol. The van der Waals surface area contributed by atoms with Crippen LogP contribution in [-0.2, 0) is 4.74 Å². The number of esters is 1. The van der Waals surface area contributed by atoms with Crippen LogP contribution in [0.2, 0.25) is 0 Å². The smallest absolute Gasteiger partial charge is 0.338 e. The van der Waals surface area contributed by atoms with E-state index in [1.807, 2.05) is 0 Å². The number of nitrogens with zero attached hydrogens (tertiary/aromatic N) is 2. The minimum Gasteiger partial charge on any atom is -0.462 e. The van der Waals surface area contributed by atoms with Crippen molar-refractivity contribution in [1.29, 1.82) is 0 Å². The fraction of sp³-hybridized carbons (Fsp3) is 0.167. The van der Waals surface area contributed by atoms with Crippen LogP contribution in [0.3, 0.4) is 0 Å². The van der Waals surface area contributed by atoms with Gasteiger partial charge in [-0.2, -0.15) is 0 Å². The van der Waals surface area contributed by atoms with Gasteiger partial charge in [-0.3, -0.25) is 4.79 Å². The molecule has 110 valence electrons. The number of anilines is 2. The van der Waals surface area contributed by atoms with Gasteiger partial charge in [-0.25, -0.2) is 4.79 Å². The van der Waals surface area contributed by atoms with Crippen molar-refractivity contribution < 1.29 is 14.3 Å². The first kappa shape index (κ1) is 15.3. The van der Waals surface area contributed by atoms with E-state index in [0.29, 0.717) is 27.3 Å². The molecule has 0 saturated heterocycles. The van der Waals surface area contributed by atoms with Gasteiger partial charge in [-0.05, 0) is 31.2 Å². The van der Waals surface area contributed by atoms with E-state index < -0.39 is 5.97 Å². The van der Waals surface area contributed by atoms with Crippen molar-refractivity contribution in [2.24, 2.45) is 0 Å². The van der Waals surface area contributed by atoms with E-state index in [4.69, 9.17) is 10.5 Å². The quantitative estimate of drug-likeness (QED) is 0.657. The first-order valence-electron chi connectivity index (χ1n) is 5.93. The summed E-state index contributed by atoms with van der Waals surface area (Å²) in [5, 5.41) is 10.0. The monoisotopic (exact) mass is 324 g/mol. The first-order chi connectivity index (χ1) is 10.1. The lowest BCUT2D eigenvalue weighted by molar-refractivity contribution is 0.0526. The van der Waals surface area contributed by atoms with E-state index in [9.17, 15) is 9.59 Å². The average Bonchev–Trinajstić information content (AvgIpc) is 2.85. The van der Waals surface area contributed by atoms with E-state index in [0.717, 1.165) is 23.1 Å². The summed E-state index contributed by atoms with van der Waals surface area (Å²) in [6.45, 7) is 2.06. The van der Waals surface area contributed by atoms with Gasteiger partial charge < -0.3 is 15.8 Å². The highest BCUT2D eigenvalue weighted by molar-refractivity contribution is 8.15. The lowest BCUT2D eigenvalue weighted by atomic mass is 10.2. The number of nitrogens with one attached hydrogen (secondary N) is 1. The number of nitrogen functional groups attached to an aromatic ring is 1. The van der Waals surface area contributed by atoms with Crippen LogP contribution in [0.5, 0.6) is 0 Å². The van der Waals surface area contributed by atoms with Gasteiger partial charge in [-0.15, -0.1) is 10.2 Å². The zero-order chi connectivity index (χ0) is 15.2. The van der Waals surface area contributed by atoms with Crippen LogP contribution >= 0.6 is 23.1 Å². The zero-order valence-corrected chi connectivity index (χ0v) is 12.7. The van der Waals surface area contributed by atoms with Gasteiger partial charge in [-0.1, -0.05) is 11.3 Å². The summed E-state index contributed by atoms with van der Waals surface area (Å²) >= 11 is 2.04. The maximum atomic E-state index is 11.8. The normalized spacial score (nSPS) is 10.1. The molecule has 2 rings (SSSR count). The van der Waals surface area contributed by atoms with Gasteiger partial charge in [0.1, 0.15) is 0 Å². The summed E-state index contributed by atoms with van der Waals surface area (Å²) < 4.78 is 5.34. The molecule has 1 aromatic heterocycles. The standard InChI is InChI=1S/C12H12N4O3S2/c1-2-19-9(17)7-3-5-8(6-4-7)14-11(18)21-12-16-15-10(13)20-12/h3-6H,2H2,1H3,(H2,13,15)(H,14,18). The molecule has 1 amide bonds. The molecule has 1 aromatic carbocycles. The molecule has 0 radical (unpaired) electrons. The number of aromatic nitrogens is 2. The summed E-state index contributed by atoms with van der Waals surface area (Å²) in [7, 11) is 0. The number of carbonyl (C=O) groups is 2. The number of rotatable bonds is 4. The van der Waals surface area contributed by atoms with Crippen molar-refractivity contribution in [1.82, 2.24) is 10.2 Å². The molecule has 0 fully saturated rings. The molecule has 1 heterocycles. The minimum atomic E-state index is -0.394. The second-order valence-corrected chi connectivity index (χ2v) is 5.95. The van der Waals surface area contributed by atoms with Gasteiger partial charge in [0.2, 0.25) is 5.13 Å². The highest BCUT2D eigenvalue weighted by Crippen LogP contribution is 2.25. The van der Waals surface area contributed by atoms with E-state index in [1.54, 1.807) is 31.2 Å². The second kappa shape index (κ2) is 7.04. The molecule has 9 heteroatoms. The number of hydrogen-bond acceptors (Lipinski definition) is 8. The molecule has 0 unspecified atom stereocenters. The van der Waals surface area contributed by atoms with Crippen LogP contribution in [0.1, 0.15) is 17.3 Å². The van der Waals surface area contributed by atoms with Crippen molar-refractivity contribution in [3.63, 3.8) is 0 Å². The van der Waals surface area contributed by atoms with Gasteiger partial charge in [0.25, 0.3) is 5.24 Å². The van der Waals surface area contributed by atoms with Crippen LogP contribution in [0.25, 0.3) is 0 Å². The summed E-state index contributed by atoms with van der Waals surface area (Å²) in [4.78, 5) is 23.3. The molecule has 21 heavy (non-hydrogen) atoms. The number of nitrogens with two attached hydrogens (primary N) is 1. The van der Waals surface area contributed by atoms with Crippen molar-refractivity contribution in [3.05, 3.63) is 29.8 Å². The maximum absolute atomic E-state index is 11.8. The maximum Gasteiger partial charge on any atom is 0.338 e. The number of benzene rings is 1. The molecule has 2 aromatic rings. The Bertz CT molecular complexity index is 642. The van der Waals surface area contributed by atoms with Crippen LogP contribution < -0.4 is 11.1 Å². The molecule has 0 spiro atoms. The van der Waals surface area contributed by atoms with E-state index in [-0.39, 0.29) is 5.24 Å². The summed E-state index contributed by atoms with van der Waals surface area (Å²) in [6, 6.07) is 6.42. The Morgan fingerprint density at radius 3 is 2.62 bits per heavy atom. The van der Waals surface area contributed by atoms with E-state index in [1.165, 1.54) is 0 Å². The molecule has 7 nitrogen and oxygen atoms in total. The summed E-state index contributed by atoms with van der Waals surface area (Å²) in [5.74, 6) is -0.394. The number of thioether (sulfide) groups is 1. The Morgan fingerprint density at radius 2 is 2.05 bits per heavy atom. The molecule has 0 aliphatic rings. The van der Waals surface area contributed by atoms with Gasteiger partial charge in [0, 0.05) is 17.4 Å². The predicted octanol–water partition coefficient (Wildman–Crippen LogP) is 2.62. The van der Waals surface area contributed by atoms with Crippen LogP contribution in [0, 0.1) is 0 Å². The number of carbonyl (C=O) groups excluding carboxylic acids is 2. The Kier molecular flexibility index (Phi) is 5.12. The topological polar surface area (TPSA) is 107 Å². The summed E-state index contributed by atoms with van der Waals surface area (Å²) in [6.07, 6.45) is 0. The molecule has 0 aliphatic heterocycles. The number of ether oxygens (including phenoxy) is 1. The Hall–Kier alpha value is -2.13. The summed E-state index contributed by atoms with van der Waals surface area (Å²) in [5.41, 5.74) is 6.43. The van der Waals surface area contributed by atoms with Gasteiger partial charge in [0.05, 0.1) is 12.2 Å². The largest absolute Gasteiger partial charge is 0.462 e. The fourth-order valence-electron chi connectivity index (χ4n) is 1.39. The predicted molar refractivity (Wildman–Crippen MR) is 81.6 cm³/mol. The number of hydrogen-bond donors (Lipinski definition) is 2. The Balaban J connectivity index is 1.93. The molecule has 3 N–H and O–H groups in total. The lowest BCUT2D eigenvalue weighted by Gasteiger charge is -2.05. The second-order valence-electron chi connectivity index (χ2n) is 3.72. The van der Waals surface area contributed by atoms with Gasteiger partial charge >= 0.3 is 5.97 Å². The van der Waals surface area contributed by atoms with Crippen LogP contribution in [0.15, 0.2) is 28.6 Å². The third-order valence-corrected chi connectivity index (χ3v) is 3.84. The first-order valence-corrected chi connectivity index (χ1v) is 7.56. The highest BCUT2D eigenvalue weighted by atomic mass is 32.2. The molecular weight excluding hydrogens is 312 g/mol. The molecule has 0 bridgehead atoms. The molecule has 0 aliphatic carbocycles. The zero-order valence-electron chi connectivity index (χ0n) is 11.0.